The minimum atomic E-state index is -0.393. The SMILES string of the molecule is CCN(CC)C(C)(C)C(Cc1ccc(F)c(Cl)c1)NN. The maximum Gasteiger partial charge on any atom is 0.141 e. The molecule has 0 bridgehead atoms. The molecular weight excluding hydrogens is 277 g/mol. The van der Waals surface area contributed by atoms with E-state index in [0.717, 1.165) is 18.7 Å². The first-order valence-corrected chi connectivity index (χ1v) is 7.39. The Morgan fingerprint density at radius 3 is 2.40 bits per heavy atom. The van der Waals surface area contributed by atoms with Crippen molar-refractivity contribution in [2.24, 2.45) is 5.84 Å². The lowest BCUT2D eigenvalue weighted by atomic mass is 9.88. The van der Waals surface area contributed by atoms with Gasteiger partial charge in [-0.1, -0.05) is 31.5 Å². The molecule has 0 aliphatic carbocycles. The molecule has 0 spiro atoms. The summed E-state index contributed by atoms with van der Waals surface area (Å²) in [5, 5.41) is 0.152. The Labute approximate surface area is 126 Å². The molecule has 0 aliphatic heterocycles. The number of benzene rings is 1. The van der Waals surface area contributed by atoms with Crippen molar-refractivity contribution in [3.63, 3.8) is 0 Å². The number of rotatable bonds is 7. The summed E-state index contributed by atoms with van der Waals surface area (Å²) in [6.07, 6.45) is 0.694. The zero-order valence-electron chi connectivity index (χ0n) is 12.7. The van der Waals surface area contributed by atoms with Crippen molar-refractivity contribution in [2.75, 3.05) is 13.1 Å². The Hall–Kier alpha value is -0.680. The highest BCUT2D eigenvalue weighted by Gasteiger charge is 2.33. The van der Waals surface area contributed by atoms with Crippen LogP contribution in [0.4, 0.5) is 4.39 Å². The molecule has 0 fully saturated rings. The van der Waals surface area contributed by atoms with Gasteiger partial charge in [-0.05, 0) is 51.1 Å². The number of hydrogen-bond donors (Lipinski definition) is 2. The van der Waals surface area contributed by atoms with Crippen LogP contribution in [0.25, 0.3) is 0 Å². The second-order valence-electron chi connectivity index (χ2n) is 5.50. The number of nitrogens with two attached hydrogens (primary N) is 1. The lowest BCUT2D eigenvalue weighted by Crippen LogP contribution is -2.60. The predicted molar refractivity (Wildman–Crippen MR) is 83.2 cm³/mol. The molecule has 0 saturated carbocycles. The van der Waals surface area contributed by atoms with Crippen LogP contribution in [0.5, 0.6) is 0 Å². The quantitative estimate of drug-likeness (QED) is 0.601. The van der Waals surface area contributed by atoms with Crippen LogP contribution in [0.15, 0.2) is 18.2 Å². The molecule has 0 radical (unpaired) electrons. The van der Waals surface area contributed by atoms with E-state index in [-0.39, 0.29) is 16.6 Å². The second-order valence-corrected chi connectivity index (χ2v) is 5.90. The molecule has 1 atom stereocenters. The molecule has 1 aromatic carbocycles. The second kappa shape index (κ2) is 7.36. The van der Waals surface area contributed by atoms with Crippen molar-refractivity contribution < 1.29 is 4.39 Å². The number of likely N-dealkylation sites (N-methyl/N-ethyl adjacent to an activating group) is 1. The maximum absolute atomic E-state index is 13.2. The molecule has 114 valence electrons. The van der Waals surface area contributed by atoms with Crippen molar-refractivity contribution >= 4 is 11.6 Å². The van der Waals surface area contributed by atoms with Crippen LogP contribution in [0.1, 0.15) is 33.3 Å². The van der Waals surface area contributed by atoms with Gasteiger partial charge in [0.15, 0.2) is 0 Å². The predicted octanol–water partition coefficient (Wildman–Crippen LogP) is 2.97. The Balaban J connectivity index is 2.93. The van der Waals surface area contributed by atoms with E-state index in [2.05, 4.69) is 38.0 Å². The minimum Gasteiger partial charge on any atom is -0.297 e. The van der Waals surface area contributed by atoms with Crippen LogP contribution < -0.4 is 11.3 Å². The van der Waals surface area contributed by atoms with E-state index in [9.17, 15) is 4.39 Å². The van der Waals surface area contributed by atoms with Gasteiger partial charge in [-0.25, -0.2) is 4.39 Å². The van der Waals surface area contributed by atoms with Gasteiger partial charge in [0.1, 0.15) is 5.82 Å². The van der Waals surface area contributed by atoms with Crippen LogP contribution in [-0.2, 0) is 6.42 Å². The Bertz CT molecular complexity index is 433. The fourth-order valence-corrected chi connectivity index (χ4v) is 2.88. The van der Waals surface area contributed by atoms with Crippen molar-refractivity contribution in [3.05, 3.63) is 34.6 Å². The van der Waals surface area contributed by atoms with Crippen molar-refractivity contribution in [1.29, 1.82) is 0 Å². The van der Waals surface area contributed by atoms with E-state index < -0.39 is 5.82 Å². The summed E-state index contributed by atoms with van der Waals surface area (Å²) in [6.45, 7) is 10.5. The summed E-state index contributed by atoms with van der Waals surface area (Å²) in [4.78, 5) is 2.35. The topological polar surface area (TPSA) is 41.3 Å². The highest BCUT2D eigenvalue weighted by molar-refractivity contribution is 6.30. The summed E-state index contributed by atoms with van der Waals surface area (Å²) in [7, 11) is 0. The molecule has 3 nitrogen and oxygen atoms in total. The first-order valence-electron chi connectivity index (χ1n) is 7.01. The van der Waals surface area contributed by atoms with Crippen LogP contribution in [0.2, 0.25) is 5.02 Å². The normalized spacial score (nSPS) is 13.8. The molecule has 1 rings (SSSR count). The minimum absolute atomic E-state index is 0.0453. The zero-order chi connectivity index (χ0) is 15.3. The monoisotopic (exact) mass is 301 g/mol. The van der Waals surface area contributed by atoms with Gasteiger partial charge >= 0.3 is 0 Å². The van der Waals surface area contributed by atoms with E-state index in [0.29, 0.717) is 6.42 Å². The van der Waals surface area contributed by atoms with Crippen LogP contribution in [0, 0.1) is 5.82 Å². The van der Waals surface area contributed by atoms with Crippen molar-refractivity contribution in [1.82, 2.24) is 10.3 Å². The van der Waals surface area contributed by atoms with E-state index in [1.54, 1.807) is 12.1 Å². The average molecular weight is 302 g/mol. The zero-order valence-corrected chi connectivity index (χ0v) is 13.5. The van der Waals surface area contributed by atoms with Crippen LogP contribution in [-0.4, -0.2) is 29.6 Å². The van der Waals surface area contributed by atoms with E-state index in [1.165, 1.54) is 6.07 Å². The maximum atomic E-state index is 13.2. The first-order chi connectivity index (χ1) is 9.36. The highest BCUT2D eigenvalue weighted by atomic mass is 35.5. The lowest BCUT2D eigenvalue weighted by molar-refractivity contribution is 0.0912. The molecule has 0 heterocycles. The number of nitrogens with zero attached hydrogens (tertiary/aromatic N) is 1. The largest absolute Gasteiger partial charge is 0.297 e. The third-order valence-corrected chi connectivity index (χ3v) is 4.35. The molecule has 0 aromatic heterocycles. The summed E-state index contributed by atoms with van der Waals surface area (Å²) >= 11 is 5.83. The smallest absolute Gasteiger partial charge is 0.141 e. The van der Waals surface area contributed by atoms with Gasteiger partial charge in [-0.2, -0.15) is 0 Å². The molecule has 3 N–H and O–H groups in total. The van der Waals surface area contributed by atoms with Crippen LogP contribution >= 0.6 is 11.6 Å². The molecular formula is C15H25ClFN3. The van der Waals surface area contributed by atoms with E-state index in [1.807, 2.05) is 0 Å². The van der Waals surface area contributed by atoms with E-state index in [4.69, 9.17) is 17.4 Å². The number of halogens is 2. The first kappa shape index (κ1) is 17.4. The van der Waals surface area contributed by atoms with Gasteiger partial charge in [-0.15, -0.1) is 0 Å². The standard InChI is InChI=1S/C15H25ClFN3/c1-5-20(6-2)15(3,4)14(19-18)10-11-7-8-13(17)12(16)9-11/h7-9,14,19H,5-6,10,18H2,1-4H3. The Morgan fingerprint density at radius 2 is 1.95 bits per heavy atom. The van der Waals surface area contributed by atoms with Gasteiger partial charge in [0, 0.05) is 11.6 Å². The summed E-state index contributed by atoms with van der Waals surface area (Å²) in [6, 6.07) is 4.86. The third-order valence-electron chi connectivity index (χ3n) is 4.06. The van der Waals surface area contributed by atoms with Crippen LogP contribution in [0.3, 0.4) is 0 Å². The van der Waals surface area contributed by atoms with Gasteiger partial charge in [0.2, 0.25) is 0 Å². The summed E-state index contributed by atoms with van der Waals surface area (Å²) < 4.78 is 13.2. The summed E-state index contributed by atoms with van der Waals surface area (Å²) in [5.41, 5.74) is 3.76. The third kappa shape index (κ3) is 3.92. The average Bonchev–Trinajstić information content (AvgIpc) is 2.40. The van der Waals surface area contributed by atoms with E-state index >= 15 is 0 Å². The van der Waals surface area contributed by atoms with Gasteiger partial charge in [-0.3, -0.25) is 16.2 Å². The Morgan fingerprint density at radius 1 is 1.35 bits per heavy atom. The number of hydrazine groups is 1. The molecule has 0 saturated heterocycles. The van der Waals surface area contributed by atoms with Gasteiger partial charge < -0.3 is 0 Å². The molecule has 0 aliphatic rings. The van der Waals surface area contributed by atoms with Crippen molar-refractivity contribution in [2.45, 2.75) is 45.7 Å². The highest BCUT2D eigenvalue weighted by Crippen LogP contribution is 2.23. The molecule has 1 aromatic rings. The summed E-state index contributed by atoms with van der Waals surface area (Å²) in [5.74, 6) is 5.35. The van der Waals surface area contributed by atoms with Gasteiger partial charge in [0.05, 0.1) is 5.02 Å². The van der Waals surface area contributed by atoms with Gasteiger partial charge in [0.25, 0.3) is 0 Å². The lowest BCUT2D eigenvalue weighted by Gasteiger charge is -2.43. The van der Waals surface area contributed by atoms with Crippen molar-refractivity contribution in [3.8, 4) is 0 Å². The Kier molecular flexibility index (Phi) is 6.40. The fraction of sp³-hybridized carbons (Fsp3) is 0.600. The molecule has 5 heteroatoms. The molecule has 1 unspecified atom stereocenters. The molecule has 20 heavy (non-hydrogen) atoms. The fourth-order valence-electron chi connectivity index (χ4n) is 2.67. The number of hydrogen-bond acceptors (Lipinski definition) is 3. The molecule has 0 amide bonds. The number of nitrogens with one attached hydrogen (secondary N) is 1.